The van der Waals surface area contributed by atoms with Crippen molar-refractivity contribution < 1.29 is 19.7 Å². The number of hydrogen-bond donors (Lipinski definition) is 3. The van der Waals surface area contributed by atoms with Crippen LogP contribution >= 0.6 is 0 Å². The summed E-state index contributed by atoms with van der Waals surface area (Å²) in [6.45, 7) is 0.495. The number of nitrogens with two attached hydrogens (primary N) is 1. The average molecular weight is 255 g/mol. The lowest BCUT2D eigenvalue weighted by Gasteiger charge is -2.22. The number of anilines is 2. The Bertz CT molecular complexity index is 425. The number of rotatable bonds is 6. The summed E-state index contributed by atoms with van der Waals surface area (Å²) in [7, 11) is 3.20. The summed E-state index contributed by atoms with van der Waals surface area (Å²) >= 11 is 0. The summed E-state index contributed by atoms with van der Waals surface area (Å²) in [4.78, 5) is 16.4. The lowest BCUT2D eigenvalue weighted by atomic mass is 10.2. The number of hydrogen-bond acceptors (Lipinski definition) is 6. The molecule has 0 amide bonds. The van der Waals surface area contributed by atoms with Crippen molar-refractivity contribution in [2.24, 2.45) is 0 Å². The fourth-order valence-electron chi connectivity index (χ4n) is 1.56. The Morgan fingerprint density at radius 3 is 2.83 bits per heavy atom. The SMILES string of the molecule is COCC(O)CN(C)c1ncc(C(=O)O)cc1N. The van der Waals surface area contributed by atoms with Crippen LogP contribution in [0.3, 0.4) is 0 Å². The second-order valence-electron chi connectivity index (χ2n) is 3.93. The zero-order valence-corrected chi connectivity index (χ0v) is 10.3. The number of likely N-dealkylation sites (N-methyl/N-ethyl adjacent to an activating group) is 1. The van der Waals surface area contributed by atoms with E-state index < -0.39 is 12.1 Å². The number of carbonyl (C=O) groups is 1. The van der Waals surface area contributed by atoms with E-state index in [4.69, 9.17) is 15.6 Å². The van der Waals surface area contributed by atoms with E-state index in [1.54, 1.807) is 11.9 Å². The highest BCUT2D eigenvalue weighted by Crippen LogP contribution is 2.20. The summed E-state index contributed by atoms with van der Waals surface area (Å²) in [5, 5.41) is 18.4. The molecule has 1 aromatic heterocycles. The van der Waals surface area contributed by atoms with Crippen molar-refractivity contribution in [1.82, 2.24) is 4.98 Å². The Morgan fingerprint density at radius 1 is 1.67 bits per heavy atom. The first-order chi connectivity index (χ1) is 8.45. The number of carboxylic acids is 1. The van der Waals surface area contributed by atoms with Crippen LogP contribution in [0.4, 0.5) is 11.5 Å². The fourth-order valence-corrected chi connectivity index (χ4v) is 1.56. The van der Waals surface area contributed by atoms with Gasteiger partial charge in [0.15, 0.2) is 5.82 Å². The number of ether oxygens (including phenoxy) is 1. The van der Waals surface area contributed by atoms with Crippen molar-refractivity contribution in [3.8, 4) is 0 Å². The molecule has 1 atom stereocenters. The third kappa shape index (κ3) is 3.57. The highest BCUT2D eigenvalue weighted by Gasteiger charge is 2.14. The van der Waals surface area contributed by atoms with Crippen LogP contribution in [0.5, 0.6) is 0 Å². The molecule has 7 nitrogen and oxygen atoms in total. The molecule has 0 bridgehead atoms. The molecular formula is C11H17N3O4. The minimum absolute atomic E-state index is 0.0297. The smallest absolute Gasteiger partial charge is 0.337 e. The number of pyridine rings is 1. The van der Waals surface area contributed by atoms with Crippen LogP contribution in [0.25, 0.3) is 0 Å². The predicted octanol–water partition coefficient (Wildman–Crippen LogP) is -0.194. The van der Waals surface area contributed by atoms with E-state index in [0.29, 0.717) is 5.82 Å². The highest BCUT2D eigenvalue weighted by atomic mass is 16.5. The van der Waals surface area contributed by atoms with Crippen LogP contribution in [0.2, 0.25) is 0 Å². The Hall–Kier alpha value is -1.86. The molecule has 100 valence electrons. The summed E-state index contributed by atoms with van der Waals surface area (Å²) in [5.74, 6) is -0.655. The Balaban J connectivity index is 2.80. The van der Waals surface area contributed by atoms with Gasteiger partial charge in [0.2, 0.25) is 0 Å². The number of aromatic nitrogens is 1. The number of nitrogen functional groups attached to an aromatic ring is 1. The first kappa shape index (κ1) is 14.2. The van der Waals surface area contributed by atoms with Crippen molar-refractivity contribution in [1.29, 1.82) is 0 Å². The van der Waals surface area contributed by atoms with Crippen LogP contribution < -0.4 is 10.6 Å². The van der Waals surface area contributed by atoms with Crippen molar-refractivity contribution in [2.75, 3.05) is 37.9 Å². The maximum absolute atomic E-state index is 10.7. The average Bonchev–Trinajstić information content (AvgIpc) is 2.28. The molecule has 0 fully saturated rings. The molecule has 0 spiro atoms. The van der Waals surface area contributed by atoms with Gasteiger partial charge in [-0.05, 0) is 6.07 Å². The van der Waals surface area contributed by atoms with Crippen molar-refractivity contribution in [3.63, 3.8) is 0 Å². The predicted molar refractivity (Wildman–Crippen MR) is 66.8 cm³/mol. The zero-order chi connectivity index (χ0) is 13.7. The first-order valence-corrected chi connectivity index (χ1v) is 5.32. The molecule has 0 saturated heterocycles. The Morgan fingerprint density at radius 2 is 2.33 bits per heavy atom. The van der Waals surface area contributed by atoms with Gasteiger partial charge in [-0.2, -0.15) is 0 Å². The van der Waals surface area contributed by atoms with E-state index in [0.717, 1.165) is 0 Å². The molecule has 1 aromatic rings. The van der Waals surface area contributed by atoms with E-state index in [1.807, 2.05) is 0 Å². The standard InChI is InChI=1S/C11H17N3O4/c1-14(5-8(15)6-18-2)10-9(12)3-7(4-13-10)11(16)17/h3-4,8,15H,5-6,12H2,1-2H3,(H,16,17). The maximum Gasteiger partial charge on any atom is 0.337 e. The van der Waals surface area contributed by atoms with Crippen molar-refractivity contribution in [3.05, 3.63) is 17.8 Å². The zero-order valence-electron chi connectivity index (χ0n) is 10.3. The van der Waals surface area contributed by atoms with Gasteiger partial charge in [0.25, 0.3) is 0 Å². The number of methoxy groups -OCH3 is 1. The van der Waals surface area contributed by atoms with Gasteiger partial charge >= 0.3 is 5.97 Å². The minimum Gasteiger partial charge on any atom is -0.478 e. The number of aliphatic hydroxyl groups excluding tert-OH is 1. The molecule has 0 radical (unpaired) electrons. The lowest BCUT2D eigenvalue weighted by Crippen LogP contribution is -2.32. The third-order valence-corrected chi connectivity index (χ3v) is 2.35. The van der Waals surface area contributed by atoms with Crippen LogP contribution in [0.1, 0.15) is 10.4 Å². The van der Waals surface area contributed by atoms with Crippen molar-refractivity contribution in [2.45, 2.75) is 6.10 Å². The minimum atomic E-state index is -1.08. The molecule has 0 aliphatic heterocycles. The highest BCUT2D eigenvalue weighted by molar-refractivity contribution is 5.89. The second kappa shape index (κ2) is 6.18. The monoisotopic (exact) mass is 255 g/mol. The second-order valence-corrected chi connectivity index (χ2v) is 3.93. The van der Waals surface area contributed by atoms with E-state index >= 15 is 0 Å². The van der Waals surface area contributed by atoms with Gasteiger partial charge in [-0.15, -0.1) is 0 Å². The Labute approximate surface area is 105 Å². The van der Waals surface area contributed by atoms with Crippen LogP contribution in [0.15, 0.2) is 12.3 Å². The molecule has 1 unspecified atom stereocenters. The molecule has 7 heteroatoms. The summed E-state index contributed by atoms with van der Waals surface area (Å²) in [6, 6.07) is 1.34. The summed E-state index contributed by atoms with van der Waals surface area (Å²) in [6.07, 6.45) is 0.563. The number of carboxylic acid groups (broad SMARTS) is 1. The molecule has 0 aliphatic carbocycles. The van der Waals surface area contributed by atoms with Gasteiger partial charge in [-0.1, -0.05) is 0 Å². The molecular weight excluding hydrogens is 238 g/mol. The van der Waals surface area contributed by atoms with E-state index in [1.165, 1.54) is 19.4 Å². The fraction of sp³-hybridized carbons (Fsp3) is 0.455. The quantitative estimate of drug-likeness (QED) is 0.646. The van der Waals surface area contributed by atoms with Gasteiger partial charge in [0.1, 0.15) is 0 Å². The van der Waals surface area contributed by atoms with Crippen LogP contribution in [-0.4, -0.2) is 54.6 Å². The maximum atomic E-state index is 10.7. The largest absolute Gasteiger partial charge is 0.478 e. The summed E-state index contributed by atoms with van der Waals surface area (Å²) < 4.78 is 4.82. The molecule has 4 N–H and O–H groups in total. The molecule has 0 aliphatic rings. The number of nitrogens with zero attached hydrogens (tertiary/aromatic N) is 2. The topological polar surface area (TPSA) is 109 Å². The van der Waals surface area contributed by atoms with E-state index in [9.17, 15) is 9.90 Å². The van der Waals surface area contributed by atoms with E-state index in [-0.39, 0.29) is 24.4 Å². The first-order valence-electron chi connectivity index (χ1n) is 5.32. The number of aliphatic hydroxyl groups is 1. The molecule has 0 saturated carbocycles. The molecule has 1 heterocycles. The normalized spacial score (nSPS) is 12.2. The summed E-state index contributed by atoms with van der Waals surface area (Å²) in [5.41, 5.74) is 6.01. The van der Waals surface area contributed by atoms with Gasteiger partial charge in [0.05, 0.1) is 24.0 Å². The number of aromatic carboxylic acids is 1. The lowest BCUT2D eigenvalue weighted by molar-refractivity contribution is 0.0690. The Kier molecular flexibility index (Phi) is 4.87. The van der Waals surface area contributed by atoms with Crippen molar-refractivity contribution >= 4 is 17.5 Å². The van der Waals surface area contributed by atoms with E-state index in [2.05, 4.69) is 4.98 Å². The third-order valence-electron chi connectivity index (χ3n) is 2.35. The van der Waals surface area contributed by atoms with Gasteiger partial charge in [-0.3, -0.25) is 0 Å². The molecule has 1 rings (SSSR count). The molecule has 18 heavy (non-hydrogen) atoms. The van der Waals surface area contributed by atoms with Crippen LogP contribution in [-0.2, 0) is 4.74 Å². The van der Waals surface area contributed by atoms with Gasteiger partial charge in [0, 0.05) is 26.9 Å². The molecule has 0 aromatic carbocycles. The van der Waals surface area contributed by atoms with Gasteiger partial charge < -0.3 is 25.6 Å². The van der Waals surface area contributed by atoms with Gasteiger partial charge in [-0.25, -0.2) is 9.78 Å². The van der Waals surface area contributed by atoms with Crippen LogP contribution in [0, 0.1) is 0 Å².